The van der Waals surface area contributed by atoms with Gasteiger partial charge in [0.15, 0.2) is 0 Å². The number of nitrogens with zero attached hydrogens (tertiary/aromatic N) is 1. The minimum atomic E-state index is 0.243. The van der Waals surface area contributed by atoms with Gasteiger partial charge in [-0.15, -0.1) is 0 Å². The number of hydrogen-bond donors (Lipinski definition) is 1. The van der Waals surface area contributed by atoms with E-state index in [0.717, 1.165) is 6.54 Å². The molecule has 2 nitrogen and oxygen atoms in total. The molecule has 2 bridgehead atoms. The van der Waals surface area contributed by atoms with Gasteiger partial charge in [0.1, 0.15) is 0 Å². The molecule has 3 saturated heterocycles. The number of nitrogens with one attached hydrogen (secondary N) is 1. The smallest absolute Gasteiger partial charge is 0.0595 e. The van der Waals surface area contributed by atoms with Gasteiger partial charge in [0.25, 0.3) is 0 Å². The quantitative estimate of drug-likeness (QED) is 0.468. The average molecular weight is 451 g/mol. The Hall–Kier alpha value is -1.84. The lowest BCUT2D eigenvalue weighted by Gasteiger charge is -2.54. The lowest BCUT2D eigenvalue weighted by molar-refractivity contribution is 0.00468. The summed E-state index contributed by atoms with van der Waals surface area (Å²) >= 11 is 12.8. The topological polar surface area (TPSA) is 15.3 Å². The first kappa shape index (κ1) is 21.0. The number of halogens is 2. The number of fused-ring (bicyclic) bond motifs is 3. The molecule has 160 valence electrons. The molecule has 3 fully saturated rings. The second-order valence-electron chi connectivity index (χ2n) is 8.82. The molecule has 0 spiro atoms. The van der Waals surface area contributed by atoms with Crippen molar-refractivity contribution in [2.75, 3.05) is 13.1 Å². The van der Waals surface area contributed by atoms with Crippen LogP contribution in [-0.2, 0) is 6.54 Å². The van der Waals surface area contributed by atoms with Gasteiger partial charge in [-0.3, -0.25) is 4.90 Å². The van der Waals surface area contributed by atoms with Crippen molar-refractivity contribution in [1.29, 1.82) is 0 Å². The summed E-state index contributed by atoms with van der Waals surface area (Å²) < 4.78 is 0. The van der Waals surface area contributed by atoms with E-state index in [2.05, 4.69) is 83.0 Å². The molecule has 0 aromatic heterocycles. The first-order chi connectivity index (χ1) is 15.2. The van der Waals surface area contributed by atoms with Crippen molar-refractivity contribution in [1.82, 2.24) is 10.2 Å². The standard InChI is InChI=1S/C27H28Cl2N2/c28-23-12-11-22(17-24(23)29)25(20-9-5-2-6-10-20)27-26(21-13-15-31(27)16-14-21)30-18-19-7-3-1-4-8-19/h1-12,17,21,25-27,30H,13-16,18H2/t25-,26+,27+/m0/s1. The van der Waals surface area contributed by atoms with Crippen LogP contribution in [-0.4, -0.2) is 30.1 Å². The minimum absolute atomic E-state index is 0.243. The number of benzene rings is 3. The van der Waals surface area contributed by atoms with E-state index in [1.54, 1.807) is 0 Å². The molecule has 3 atom stereocenters. The summed E-state index contributed by atoms with van der Waals surface area (Å²) in [5.41, 5.74) is 3.91. The third-order valence-corrected chi connectivity index (χ3v) is 7.80. The van der Waals surface area contributed by atoms with Crippen LogP contribution in [0.3, 0.4) is 0 Å². The lowest BCUT2D eigenvalue weighted by atomic mass is 9.70. The molecule has 3 aliphatic rings. The highest BCUT2D eigenvalue weighted by Gasteiger charge is 2.46. The monoisotopic (exact) mass is 450 g/mol. The van der Waals surface area contributed by atoms with Gasteiger partial charge in [0.05, 0.1) is 10.0 Å². The summed E-state index contributed by atoms with van der Waals surface area (Å²) in [7, 11) is 0. The molecule has 0 unspecified atom stereocenters. The maximum Gasteiger partial charge on any atom is 0.0595 e. The molecule has 0 aliphatic carbocycles. The third-order valence-electron chi connectivity index (χ3n) is 7.06. The first-order valence-electron chi connectivity index (χ1n) is 11.2. The van der Waals surface area contributed by atoms with Crippen LogP contribution in [0.25, 0.3) is 0 Å². The van der Waals surface area contributed by atoms with E-state index in [9.17, 15) is 0 Å². The van der Waals surface area contributed by atoms with Crippen LogP contribution in [0.15, 0.2) is 78.9 Å². The molecular formula is C27H28Cl2N2. The fraction of sp³-hybridized carbons (Fsp3) is 0.333. The molecule has 4 heteroatoms. The van der Waals surface area contributed by atoms with Crippen molar-refractivity contribution in [3.63, 3.8) is 0 Å². The van der Waals surface area contributed by atoms with Crippen molar-refractivity contribution in [2.45, 2.75) is 37.4 Å². The zero-order chi connectivity index (χ0) is 21.2. The summed E-state index contributed by atoms with van der Waals surface area (Å²) in [6.45, 7) is 3.24. The fourth-order valence-corrected chi connectivity index (χ4v) is 5.88. The van der Waals surface area contributed by atoms with Crippen LogP contribution in [0.4, 0.5) is 0 Å². The van der Waals surface area contributed by atoms with Crippen molar-refractivity contribution in [3.05, 3.63) is 106 Å². The summed E-state index contributed by atoms with van der Waals surface area (Å²) in [5.74, 6) is 0.944. The van der Waals surface area contributed by atoms with Gasteiger partial charge in [-0.25, -0.2) is 0 Å². The number of piperidine rings is 3. The Balaban J connectivity index is 1.53. The zero-order valence-corrected chi connectivity index (χ0v) is 19.1. The molecule has 1 N–H and O–H groups in total. The second kappa shape index (κ2) is 9.34. The van der Waals surface area contributed by atoms with Crippen molar-refractivity contribution in [3.8, 4) is 0 Å². The Bertz CT molecular complexity index is 1000. The van der Waals surface area contributed by atoms with Gasteiger partial charge in [0.2, 0.25) is 0 Å². The fourth-order valence-electron chi connectivity index (χ4n) is 5.57. The number of rotatable bonds is 6. The zero-order valence-electron chi connectivity index (χ0n) is 17.6. The highest BCUT2D eigenvalue weighted by molar-refractivity contribution is 6.42. The van der Waals surface area contributed by atoms with E-state index in [0.29, 0.717) is 28.0 Å². The minimum Gasteiger partial charge on any atom is -0.308 e. The SMILES string of the molecule is Clc1ccc([C@H](c2ccccc2)[C@@H]2[C@H](NCc3ccccc3)C3CCN2CC3)cc1Cl. The van der Waals surface area contributed by atoms with Crippen LogP contribution >= 0.6 is 23.2 Å². The van der Waals surface area contributed by atoms with Crippen LogP contribution in [0.5, 0.6) is 0 Å². The first-order valence-corrected chi connectivity index (χ1v) is 12.0. The van der Waals surface area contributed by atoms with E-state index in [-0.39, 0.29) is 5.92 Å². The molecular weight excluding hydrogens is 423 g/mol. The maximum atomic E-state index is 6.48. The molecule has 0 radical (unpaired) electrons. The Morgan fingerprint density at radius 1 is 0.806 bits per heavy atom. The molecule has 3 aromatic carbocycles. The molecule has 3 aromatic rings. The van der Waals surface area contributed by atoms with Gasteiger partial charge in [-0.05, 0) is 60.7 Å². The van der Waals surface area contributed by atoms with Crippen molar-refractivity contribution >= 4 is 23.2 Å². The van der Waals surface area contributed by atoms with E-state index in [1.807, 2.05) is 6.07 Å². The van der Waals surface area contributed by atoms with Gasteiger partial charge in [-0.2, -0.15) is 0 Å². The van der Waals surface area contributed by atoms with Gasteiger partial charge < -0.3 is 5.32 Å². The molecule has 3 heterocycles. The molecule has 31 heavy (non-hydrogen) atoms. The van der Waals surface area contributed by atoms with Crippen LogP contribution in [0.1, 0.15) is 35.4 Å². The summed E-state index contributed by atoms with van der Waals surface area (Å²) in [4.78, 5) is 2.70. The molecule has 0 amide bonds. The Labute approximate surface area is 195 Å². The average Bonchev–Trinajstić information content (AvgIpc) is 2.83. The van der Waals surface area contributed by atoms with Gasteiger partial charge in [0, 0.05) is 24.5 Å². The maximum absolute atomic E-state index is 6.48. The normalized spacial score (nSPS) is 26.0. The van der Waals surface area contributed by atoms with Crippen LogP contribution in [0.2, 0.25) is 10.0 Å². The largest absolute Gasteiger partial charge is 0.308 e. The van der Waals surface area contributed by atoms with E-state index >= 15 is 0 Å². The summed E-state index contributed by atoms with van der Waals surface area (Å²) in [5, 5.41) is 5.21. The molecule has 0 saturated carbocycles. The molecule has 6 rings (SSSR count). The Morgan fingerprint density at radius 3 is 2.16 bits per heavy atom. The van der Waals surface area contributed by atoms with Gasteiger partial charge in [-0.1, -0.05) is 89.9 Å². The third kappa shape index (κ3) is 4.40. The predicted octanol–water partition coefficient (Wildman–Crippen LogP) is 6.38. The molecule has 3 aliphatic heterocycles. The van der Waals surface area contributed by atoms with Crippen molar-refractivity contribution < 1.29 is 0 Å². The summed E-state index contributed by atoms with van der Waals surface area (Å²) in [6.07, 6.45) is 2.54. The Morgan fingerprint density at radius 2 is 1.48 bits per heavy atom. The van der Waals surface area contributed by atoms with E-state index in [4.69, 9.17) is 23.2 Å². The highest BCUT2D eigenvalue weighted by atomic mass is 35.5. The lowest BCUT2D eigenvalue weighted by Crippen LogP contribution is -2.64. The second-order valence-corrected chi connectivity index (χ2v) is 9.63. The Kier molecular flexibility index (Phi) is 6.34. The van der Waals surface area contributed by atoms with E-state index in [1.165, 1.54) is 42.6 Å². The van der Waals surface area contributed by atoms with Crippen LogP contribution < -0.4 is 5.32 Å². The van der Waals surface area contributed by atoms with Crippen molar-refractivity contribution in [2.24, 2.45) is 5.92 Å². The summed E-state index contributed by atoms with van der Waals surface area (Å²) in [6, 6.07) is 28.6. The predicted molar refractivity (Wildman–Crippen MR) is 130 cm³/mol. The van der Waals surface area contributed by atoms with Crippen LogP contribution in [0, 0.1) is 5.92 Å². The number of hydrogen-bond acceptors (Lipinski definition) is 2. The van der Waals surface area contributed by atoms with Gasteiger partial charge >= 0.3 is 0 Å². The van der Waals surface area contributed by atoms with E-state index < -0.39 is 0 Å². The highest BCUT2D eigenvalue weighted by Crippen LogP contribution is 2.43.